The van der Waals surface area contributed by atoms with Crippen molar-refractivity contribution in [2.45, 2.75) is 18.8 Å². The zero-order chi connectivity index (χ0) is 13.4. The second-order valence-corrected chi connectivity index (χ2v) is 5.31. The number of piperidine rings is 1. The number of carbonyl (C=O) groups is 1. The molecule has 0 unspecified atom stereocenters. The van der Waals surface area contributed by atoms with Gasteiger partial charge in [0.05, 0.1) is 5.56 Å². The van der Waals surface area contributed by atoms with Crippen LogP contribution in [-0.4, -0.2) is 30.9 Å². The number of nitrogens with two attached hydrogens (primary N) is 1. The number of nitrogens with zero attached hydrogens (tertiary/aromatic N) is 1. The van der Waals surface area contributed by atoms with Crippen molar-refractivity contribution in [1.82, 2.24) is 4.90 Å². The van der Waals surface area contributed by atoms with Crippen molar-refractivity contribution in [2.24, 2.45) is 5.73 Å². The Labute approximate surface area is 112 Å². The molecule has 0 saturated carbocycles. The maximum absolute atomic E-state index is 11.4. The molecular formula is C15H18N2O2. The summed E-state index contributed by atoms with van der Waals surface area (Å²) in [5.41, 5.74) is 6.70. The summed E-state index contributed by atoms with van der Waals surface area (Å²) in [6.07, 6.45) is 2.20. The first kappa shape index (κ1) is 12.2. The molecule has 4 heteroatoms. The number of hydrogen-bond donors (Lipinski definition) is 1. The summed E-state index contributed by atoms with van der Waals surface area (Å²) >= 11 is 0. The van der Waals surface area contributed by atoms with Gasteiger partial charge in [0.25, 0.3) is 0 Å². The molecule has 0 bridgehead atoms. The van der Waals surface area contributed by atoms with E-state index in [0.717, 1.165) is 42.7 Å². The van der Waals surface area contributed by atoms with Gasteiger partial charge in [0.2, 0.25) is 5.91 Å². The Morgan fingerprint density at radius 2 is 2.11 bits per heavy atom. The van der Waals surface area contributed by atoms with Gasteiger partial charge in [0.1, 0.15) is 11.3 Å². The average Bonchev–Trinajstić information content (AvgIpc) is 2.82. The van der Waals surface area contributed by atoms with E-state index in [1.54, 1.807) is 6.07 Å². The lowest BCUT2D eigenvalue weighted by Gasteiger charge is -2.27. The minimum atomic E-state index is -0.402. The first-order chi connectivity index (χ1) is 9.15. The molecular weight excluding hydrogens is 240 g/mol. The molecule has 2 aromatic rings. The maximum atomic E-state index is 11.4. The molecule has 1 aromatic carbocycles. The summed E-state index contributed by atoms with van der Waals surface area (Å²) in [6.45, 7) is 2.18. The number of benzene rings is 1. The number of furan rings is 1. The second-order valence-electron chi connectivity index (χ2n) is 5.31. The Morgan fingerprint density at radius 1 is 1.37 bits per heavy atom. The molecule has 1 aliphatic rings. The molecule has 1 aliphatic heterocycles. The van der Waals surface area contributed by atoms with Gasteiger partial charge in [-0.1, -0.05) is 6.07 Å². The van der Waals surface area contributed by atoms with E-state index in [9.17, 15) is 4.79 Å². The van der Waals surface area contributed by atoms with E-state index in [-0.39, 0.29) is 0 Å². The highest BCUT2D eigenvalue weighted by atomic mass is 16.3. The predicted molar refractivity (Wildman–Crippen MR) is 74.2 cm³/mol. The highest BCUT2D eigenvalue weighted by Gasteiger charge is 2.22. The molecule has 100 valence electrons. The predicted octanol–water partition coefficient (Wildman–Crippen LogP) is 2.34. The lowest BCUT2D eigenvalue weighted by atomic mass is 9.94. The Kier molecular flexibility index (Phi) is 3.03. The van der Waals surface area contributed by atoms with Gasteiger partial charge in [0, 0.05) is 11.3 Å². The third kappa shape index (κ3) is 2.24. The van der Waals surface area contributed by atoms with Crippen LogP contribution in [0.2, 0.25) is 0 Å². The third-order valence-corrected chi connectivity index (χ3v) is 3.97. The summed E-state index contributed by atoms with van der Waals surface area (Å²) in [6, 6.07) is 7.44. The molecule has 0 aliphatic carbocycles. The van der Waals surface area contributed by atoms with Crippen molar-refractivity contribution in [3.63, 3.8) is 0 Å². The zero-order valence-electron chi connectivity index (χ0n) is 11.1. The first-order valence-electron chi connectivity index (χ1n) is 6.66. The van der Waals surface area contributed by atoms with E-state index < -0.39 is 5.91 Å². The fourth-order valence-electron chi connectivity index (χ4n) is 2.79. The number of likely N-dealkylation sites (tertiary alicyclic amines) is 1. The van der Waals surface area contributed by atoms with Crippen LogP contribution in [0, 0.1) is 0 Å². The van der Waals surface area contributed by atoms with Gasteiger partial charge >= 0.3 is 0 Å². The van der Waals surface area contributed by atoms with Gasteiger partial charge in [-0.3, -0.25) is 4.79 Å². The Balaban J connectivity index is 1.98. The Hall–Kier alpha value is -1.81. The number of amides is 1. The summed E-state index contributed by atoms with van der Waals surface area (Å²) in [5.74, 6) is 1.03. The zero-order valence-corrected chi connectivity index (χ0v) is 11.1. The van der Waals surface area contributed by atoms with Gasteiger partial charge in [-0.25, -0.2) is 0 Å². The summed E-state index contributed by atoms with van der Waals surface area (Å²) in [7, 11) is 2.14. The molecule has 2 N–H and O–H groups in total. The van der Waals surface area contributed by atoms with Crippen molar-refractivity contribution < 1.29 is 9.21 Å². The summed E-state index contributed by atoms with van der Waals surface area (Å²) in [5, 5.41) is 0.837. The minimum Gasteiger partial charge on any atom is -0.461 e. The third-order valence-electron chi connectivity index (χ3n) is 3.97. The summed E-state index contributed by atoms with van der Waals surface area (Å²) < 4.78 is 5.91. The highest BCUT2D eigenvalue weighted by Crippen LogP contribution is 2.33. The van der Waals surface area contributed by atoms with Crippen LogP contribution in [0.4, 0.5) is 0 Å². The molecule has 4 nitrogen and oxygen atoms in total. The molecule has 19 heavy (non-hydrogen) atoms. The molecule has 3 rings (SSSR count). The van der Waals surface area contributed by atoms with Crippen LogP contribution in [0.15, 0.2) is 28.7 Å². The van der Waals surface area contributed by atoms with E-state index in [1.165, 1.54) is 0 Å². The molecule has 1 saturated heterocycles. The van der Waals surface area contributed by atoms with E-state index >= 15 is 0 Å². The van der Waals surface area contributed by atoms with Crippen LogP contribution in [0.5, 0.6) is 0 Å². The van der Waals surface area contributed by atoms with Crippen LogP contribution in [0.3, 0.4) is 0 Å². The first-order valence-corrected chi connectivity index (χ1v) is 6.66. The lowest BCUT2D eigenvalue weighted by Crippen LogP contribution is -2.29. The van der Waals surface area contributed by atoms with Gasteiger partial charge in [-0.2, -0.15) is 0 Å². The van der Waals surface area contributed by atoms with Crippen molar-refractivity contribution in [1.29, 1.82) is 0 Å². The van der Waals surface area contributed by atoms with E-state index in [4.69, 9.17) is 10.2 Å². The van der Waals surface area contributed by atoms with E-state index in [1.807, 2.05) is 18.2 Å². The van der Waals surface area contributed by atoms with Crippen molar-refractivity contribution in [3.8, 4) is 0 Å². The topological polar surface area (TPSA) is 59.5 Å². The Bertz CT molecular complexity index is 610. The number of primary amides is 1. The molecule has 1 aromatic heterocycles. The number of fused-ring (bicyclic) bond motifs is 1. The molecule has 0 spiro atoms. The molecule has 1 amide bonds. The number of hydrogen-bond acceptors (Lipinski definition) is 3. The van der Waals surface area contributed by atoms with Gasteiger partial charge < -0.3 is 15.1 Å². The molecule has 0 radical (unpaired) electrons. The number of carbonyl (C=O) groups excluding carboxylic acids is 1. The SMILES string of the molecule is CN1CCC(c2cc3c(C(N)=O)cccc3o2)CC1. The second kappa shape index (κ2) is 4.70. The van der Waals surface area contributed by atoms with E-state index in [0.29, 0.717) is 11.5 Å². The van der Waals surface area contributed by atoms with Crippen LogP contribution >= 0.6 is 0 Å². The van der Waals surface area contributed by atoms with Crippen molar-refractivity contribution in [2.75, 3.05) is 20.1 Å². The lowest BCUT2D eigenvalue weighted by molar-refractivity contribution is 0.100. The van der Waals surface area contributed by atoms with Crippen LogP contribution in [0.1, 0.15) is 34.9 Å². The molecule has 1 fully saturated rings. The average molecular weight is 258 g/mol. The van der Waals surface area contributed by atoms with Crippen LogP contribution < -0.4 is 5.73 Å². The van der Waals surface area contributed by atoms with Crippen molar-refractivity contribution in [3.05, 3.63) is 35.6 Å². The minimum absolute atomic E-state index is 0.402. The fourth-order valence-corrected chi connectivity index (χ4v) is 2.79. The van der Waals surface area contributed by atoms with Crippen LogP contribution in [-0.2, 0) is 0 Å². The Morgan fingerprint density at radius 3 is 2.79 bits per heavy atom. The van der Waals surface area contributed by atoms with Gasteiger partial charge in [-0.15, -0.1) is 0 Å². The van der Waals surface area contributed by atoms with Gasteiger partial charge in [0.15, 0.2) is 0 Å². The monoisotopic (exact) mass is 258 g/mol. The summed E-state index contributed by atoms with van der Waals surface area (Å²) in [4.78, 5) is 13.7. The fraction of sp³-hybridized carbons (Fsp3) is 0.400. The van der Waals surface area contributed by atoms with E-state index in [2.05, 4.69) is 11.9 Å². The maximum Gasteiger partial charge on any atom is 0.249 e. The standard InChI is InChI=1S/C15H18N2O2/c1-17-7-5-10(6-8-17)14-9-12-11(15(16)18)3-2-4-13(12)19-14/h2-4,9-10H,5-8H2,1H3,(H2,16,18). The molecule has 0 atom stereocenters. The molecule has 2 heterocycles. The quantitative estimate of drug-likeness (QED) is 0.899. The van der Waals surface area contributed by atoms with Crippen LogP contribution in [0.25, 0.3) is 11.0 Å². The normalized spacial score (nSPS) is 17.9. The largest absolute Gasteiger partial charge is 0.461 e. The van der Waals surface area contributed by atoms with Crippen molar-refractivity contribution >= 4 is 16.9 Å². The number of rotatable bonds is 2. The van der Waals surface area contributed by atoms with Gasteiger partial charge in [-0.05, 0) is 51.2 Å². The highest BCUT2D eigenvalue weighted by molar-refractivity contribution is 6.05. The smallest absolute Gasteiger partial charge is 0.249 e.